The molecule has 1 aromatic heterocycles. The predicted molar refractivity (Wildman–Crippen MR) is 85.0 cm³/mol. The van der Waals surface area contributed by atoms with Gasteiger partial charge in [-0.1, -0.05) is 19.8 Å². The van der Waals surface area contributed by atoms with Gasteiger partial charge in [-0.25, -0.2) is 9.97 Å². The van der Waals surface area contributed by atoms with Gasteiger partial charge in [-0.2, -0.15) is 0 Å². The van der Waals surface area contributed by atoms with Crippen LogP contribution in [-0.4, -0.2) is 34.8 Å². The van der Waals surface area contributed by atoms with Crippen LogP contribution in [0.3, 0.4) is 0 Å². The fourth-order valence-corrected chi connectivity index (χ4v) is 3.13. The summed E-state index contributed by atoms with van der Waals surface area (Å²) in [6.07, 6.45) is 7.19. The Bertz CT molecular complexity index is 435. The fraction of sp³-hybridized carbons (Fsp3) is 0.714. The molecule has 5 nitrogen and oxygen atoms in total. The second-order valence-electron chi connectivity index (χ2n) is 5.53. The Balaban J connectivity index is 2.02. The minimum absolute atomic E-state index is 0.0153. The lowest BCUT2D eigenvalue weighted by molar-refractivity contribution is 0.142. The van der Waals surface area contributed by atoms with Crippen LogP contribution in [0, 0.1) is 5.41 Å². The number of hydrogen-bond donors (Lipinski definition) is 3. The SMILES string of the molecule is CCCNc1ncnc(NCC2(CO)CCCC2)c1Br. The Morgan fingerprint density at radius 3 is 2.50 bits per heavy atom. The number of hydrogen-bond acceptors (Lipinski definition) is 5. The summed E-state index contributed by atoms with van der Waals surface area (Å²) in [5.74, 6) is 1.60. The largest absolute Gasteiger partial charge is 0.396 e. The zero-order valence-electron chi connectivity index (χ0n) is 12.0. The summed E-state index contributed by atoms with van der Waals surface area (Å²) in [5, 5.41) is 16.3. The smallest absolute Gasteiger partial charge is 0.145 e. The van der Waals surface area contributed by atoms with Crippen molar-refractivity contribution in [2.24, 2.45) is 5.41 Å². The molecule has 1 fully saturated rings. The zero-order valence-corrected chi connectivity index (χ0v) is 13.5. The molecule has 0 amide bonds. The zero-order chi connectivity index (χ0) is 14.4. The molecule has 1 saturated carbocycles. The molecule has 0 radical (unpaired) electrons. The second-order valence-corrected chi connectivity index (χ2v) is 6.32. The average molecular weight is 343 g/mol. The third-order valence-electron chi connectivity index (χ3n) is 3.96. The summed E-state index contributed by atoms with van der Waals surface area (Å²) in [5.41, 5.74) is 0.0153. The van der Waals surface area contributed by atoms with E-state index in [1.54, 1.807) is 6.33 Å². The average Bonchev–Trinajstić information content (AvgIpc) is 2.94. The molecule has 20 heavy (non-hydrogen) atoms. The van der Waals surface area contributed by atoms with E-state index >= 15 is 0 Å². The number of nitrogens with zero attached hydrogens (tertiary/aromatic N) is 2. The highest BCUT2D eigenvalue weighted by Crippen LogP contribution is 2.38. The Hall–Kier alpha value is -0.880. The van der Waals surface area contributed by atoms with E-state index in [2.05, 4.69) is 43.5 Å². The van der Waals surface area contributed by atoms with Gasteiger partial charge in [-0.3, -0.25) is 0 Å². The predicted octanol–water partition coefficient (Wildman–Crippen LogP) is 3.03. The van der Waals surface area contributed by atoms with Crippen molar-refractivity contribution >= 4 is 27.6 Å². The first-order valence-electron chi connectivity index (χ1n) is 7.30. The molecular weight excluding hydrogens is 320 g/mol. The second kappa shape index (κ2) is 7.22. The van der Waals surface area contributed by atoms with Crippen molar-refractivity contribution in [1.29, 1.82) is 0 Å². The van der Waals surface area contributed by atoms with Crippen LogP contribution in [-0.2, 0) is 0 Å². The normalized spacial score (nSPS) is 17.1. The van der Waals surface area contributed by atoms with Gasteiger partial charge in [-0.05, 0) is 35.2 Å². The van der Waals surface area contributed by atoms with Gasteiger partial charge in [0.1, 0.15) is 22.4 Å². The molecule has 1 heterocycles. The third-order valence-corrected chi connectivity index (χ3v) is 4.71. The molecule has 0 aliphatic heterocycles. The number of aliphatic hydroxyl groups is 1. The van der Waals surface area contributed by atoms with Crippen molar-refractivity contribution in [2.45, 2.75) is 39.0 Å². The molecule has 1 aliphatic rings. The molecule has 0 saturated heterocycles. The summed E-state index contributed by atoms with van der Waals surface area (Å²) in [7, 11) is 0. The molecule has 0 atom stereocenters. The van der Waals surface area contributed by atoms with Crippen LogP contribution >= 0.6 is 15.9 Å². The fourth-order valence-electron chi connectivity index (χ4n) is 2.65. The Labute approximate surface area is 128 Å². The number of nitrogens with one attached hydrogen (secondary N) is 2. The van der Waals surface area contributed by atoms with Crippen LogP contribution in [0.1, 0.15) is 39.0 Å². The molecule has 2 rings (SSSR count). The topological polar surface area (TPSA) is 70.1 Å². The Kier molecular flexibility index (Phi) is 5.60. The van der Waals surface area contributed by atoms with Crippen molar-refractivity contribution in [3.8, 4) is 0 Å². The molecule has 0 bridgehead atoms. The van der Waals surface area contributed by atoms with E-state index in [0.29, 0.717) is 0 Å². The van der Waals surface area contributed by atoms with Gasteiger partial charge >= 0.3 is 0 Å². The highest BCUT2D eigenvalue weighted by atomic mass is 79.9. The lowest BCUT2D eigenvalue weighted by Crippen LogP contribution is -2.31. The maximum atomic E-state index is 9.64. The maximum Gasteiger partial charge on any atom is 0.145 e. The van der Waals surface area contributed by atoms with Crippen LogP contribution in [0.25, 0.3) is 0 Å². The first-order chi connectivity index (χ1) is 9.71. The van der Waals surface area contributed by atoms with Gasteiger partial charge in [0.05, 0.1) is 6.61 Å². The van der Waals surface area contributed by atoms with Crippen molar-refractivity contribution in [1.82, 2.24) is 9.97 Å². The van der Waals surface area contributed by atoms with Crippen molar-refractivity contribution in [3.05, 3.63) is 10.8 Å². The van der Waals surface area contributed by atoms with Crippen LogP contribution < -0.4 is 10.6 Å². The van der Waals surface area contributed by atoms with E-state index in [9.17, 15) is 5.11 Å². The van der Waals surface area contributed by atoms with Gasteiger partial charge in [0.2, 0.25) is 0 Å². The van der Waals surface area contributed by atoms with Gasteiger partial charge in [0, 0.05) is 18.5 Å². The molecule has 0 unspecified atom stereocenters. The summed E-state index contributed by atoms with van der Waals surface area (Å²) in [6, 6.07) is 0. The quantitative estimate of drug-likeness (QED) is 0.710. The number of aromatic nitrogens is 2. The monoisotopic (exact) mass is 342 g/mol. The summed E-state index contributed by atoms with van der Waals surface area (Å²) in [4.78, 5) is 8.52. The van der Waals surface area contributed by atoms with Crippen LogP contribution in [0.5, 0.6) is 0 Å². The minimum atomic E-state index is 0.0153. The number of halogens is 1. The number of rotatable bonds is 7. The molecular formula is C14H23BrN4O. The molecule has 3 N–H and O–H groups in total. The lowest BCUT2D eigenvalue weighted by Gasteiger charge is -2.27. The third kappa shape index (κ3) is 3.61. The van der Waals surface area contributed by atoms with E-state index in [-0.39, 0.29) is 12.0 Å². The van der Waals surface area contributed by atoms with Crippen LogP contribution in [0.2, 0.25) is 0 Å². The summed E-state index contributed by atoms with van der Waals surface area (Å²) < 4.78 is 0.861. The molecule has 112 valence electrons. The van der Waals surface area contributed by atoms with Crippen molar-refractivity contribution < 1.29 is 5.11 Å². The first-order valence-corrected chi connectivity index (χ1v) is 8.09. The number of aliphatic hydroxyl groups excluding tert-OH is 1. The van der Waals surface area contributed by atoms with Gasteiger partial charge < -0.3 is 15.7 Å². The molecule has 1 aliphatic carbocycles. The van der Waals surface area contributed by atoms with E-state index < -0.39 is 0 Å². The van der Waals surface area contributed by atoms with Crippen molar-refractivity contribution in [2.75, 3.05) is 30.3 Å². The van der Waals surface area contributed by atoms with E-state index in [4.69, 9.17) is 0 Å². The molecule has 0 aromatic carbocycles. The first kappa shape index (κ1) is 15.5. The lowest BCUT2D eigenvalue weighted by atomic mass is 9.87. The Morgan fingerprint density at radius 2 is 1.90 bits per heavy atom. The number of anilines is 2. The minimum Gasteiger partial charge on any atom is -0.396 e. The van der Waals surface area contributed by atoms with Crippen LogP contribution in [0.4, 0.5) is 11.6 Å². The van der Waals surface area contributed by atoms with Gasteiger partial charge in [-0.15, -0.1) is 0 Å². The standard InChI is InChI=1S/C14H23BrN4O/c1-2-7-16-12-11(15)13(19-10-18-12)17-8-14(9-20)5-3-4-6-14/h10,20H,2-9H2,1H3,(H2,16,17,18,19). The van der Waals surface area contributed by atoms with E-state index in [1.807, 2.05) is 0 Å². The van der Waals surface area contributed by atoms with E-state index in [1.165, 1.54) is 12.8 Å². The van der Waals surface area contributed by atoms with Crippen molar-refractivity contribution in [3.63, 3.8) is 0 Å². The molecule has 0 spiro atoms. The summed E-state index contributed by atoms with van der Waals surface area (Å²) >= 11 is 3.55. The molecule has 6 heteroatoms. The van der Waals surface area contributed by atoms with Gasteiger partial charge in [0.15, 0.2) is 0 Å². The highest BCUT2D eigenvalue weighted by molar-refractivity contribution is 9.10. The molecule has 1 aromatic rings. The Morgan fingerprint density at radius 1 is 1.25 bits per heavy atom. The summed E-state index contributed by atoms with van der Waals surface area (Å²) in [6.45, 7) is 4.00. The van der Waals surface area contributed by atoms with Gasteiger partial charge in [0.25, 0.3) is 0 Å². The maximum absolute atomic E-state index is 9.64. The van der Waals surface area contributed by atoms with E-state index in [0.717, 1.165) is 48.5 Å². The highest BCUT2D eigenvalue weighted by Gasteiger charge is 2.33. The van der Waals surface area contributed by atoms with Crippen LogP contribution in [0.15, 0.2) is 10.8 Å².